The van der Waals surface area contributed by atoms with Gasteiger partial charge in [0.2, 0.25) is 10.0 Å². The fourth-order valence-corrected chi connectivity index (χ4v) is 5.34. The maximum absolute atomic E-state index is 13.0. The Morgan fingerprint density at radius 3 is 2.52 bits per heavy atom. The first-order chi connectivity index (χ1) is 13.0. The average Bonchev–Trinajstić information content (AvgIpc) is 3.16. The van der Waals surface area contributed by atoms with Gasteiger partial charge in [-0.25, -0.2) is 13.4 Å². The van der Waals surface area contributed by atoms with Gasteiger partial charge in [-0.1, -0.05) is 6.07 Å². The zero-order chi connectivity index (χ0) is 19.0. The smallest absolute Gasteiger partial charge is 0.243 e. The Kier molecular flexibility index (Phi) is 4.62. The largest absolute Gasteiger partial charge is 0.353 e. The van der Waals surface area contributed by atoms with Crippen LogP contribution in [0.4, 0.5) is 5.82 Å². The summed E-state index contributed by atoms with van der Waals surface area (Å²) in [7, 11) is -3.49. The molecule has 0 radical (unpaired) electrons. The molecule has 7 heteroatoms. The third kappa shape index (κ3) is 3.31. The average molecular weight is 382 g/mol. The molecule has 27 heavy (non-hydrogen) atoms. The van der Waals surface area contributed by atoms with Gasteiger partial charge in [0.1, 0.15) is 11.9 Å². The number of anilines is 1. The van der Waals surface area contributed by atoms with Crippen molar-refractivity contribution in [3.8, 4) is 6.07 Å². The van der Waals surface area contributed by atoms with Crippen LogP contribution in [0.5, 0.6) is 0 Å². The molecule has 0 N–H and O–H groups in total. The van der Waals surface area contributed by atoms with Crippen molar-refractivity contribution in [3.05, 3.63) is 52.7 Å². The normalized spacial score (nSPS) is 17.6. The van der Waals surface area contributed by atoms with Gasteiger partial charge in [0, 0.05) is 31.9 Å². The van der Waals surface area contributed by atoms with Crippen LogP contribution in [0.2, 0.25) is 0 Å². The van der Waals surface area contributed by atoms with Crippen LogP contribution in [0.15, 0.2) is 35.2 Å². The van der Waals surface area contributed by atoms with Gasteiger partial charge in [-0.15, -0.1) is 0 Å². The molecule has 0 saturated carbocycles. The first kappa shape index (κ1) is 18.0. The van der Waals surface area contributed by atoms with E-state index in [1.54, 1.807) is 16.4 Å². The van der Waals surface area contributed by atoms with Crippen LogP contribution in [-0.4, -0.2) is 43.9 Å². The summed E-state index contributed by atoms with van der Waals surface area (Å²) in [5.41, 5.74) is 3.80. The summed E-state index contributed by atoms with van der Waals surface area (Å²) < 4.78 is 27.6. The summed E-state index contributed by atoms with van der Waals surface area (Å²) in [4.78, 5) is 6.88. The number of aryl methyl sites for hydroxylation is 3. The number of aromatic nitrogens is 1. The van der Waals surface area contributed by atoms with Crippen LogP contribution in [0, 0.1) is 18.3 Å². The zero-order valence-electron chi connectivity index (χ0n) is 15.4. The Balaban J connectivity index is 1.52. The highest BCUT2D eigenvalue weighted by Crippen LogP contribution is 2.27. The van der Waals surface area contributed by atoms with Gasteiger partial charge in [0.05, 0.1) is 10.5 Å². The van der Waals surface area contributed by atoms with E-state index in [1.807, 2.05) is 30.0 Å². The molecule has 1 aliphatic carbocycles. The summed E-state index contributed by atoms with van der Waals surface area (Å²) >= 11 is 0. The second-order valence-electron chi connectivity index (χ2n) is 7.11. The fourth-order valence-electron chi connectivity index (χ4n) is 3.87. The van der Waals surface area contributed by atoms with Crippen molar-refractivity contribution >= 4 is 15.8 Å². The van der Waals surface area contributed by atoms with Crippen molar-refractivity contribution in [2.24, 2.45) is 0 Å². The van der Waals surface area contributed by atoms with Crippen LogP contribution in [-0.2, 0) is 22.9 Å². The Labute approximate surface area is 160 Å². The Morgan fingerprint density at radius 1 is 1.04 bits per heavy atom. The van der Waals surface area contributed by atoms with Crippen LogP contribution >= 0.6 is 0 Å². The lowest BCUT2D eigenvalue weighted by Gasteiger charge is -2.35. The molecule has 0 atom stereocenters. The van der Waals surface area contributed by atoms with E-state index in [0.717, 1.165) is 30.5 Å². The number of rotatable bonds is 3. The third-order valence-electron chi connectivity index (χ3n) is 5.38. The molecule has 0 amide bonds. The zero-order valence-corrected chi connectivity index (χ0v) is 16.2. The summed E-state index contributed by atoms with van der Waals surface area (Å²) in [5.74, 6) is 0.645. The number of piperazine rings is 1. The van der Waals surface area contributed by atoms with E-state index in [0.29, 0.717) is 42.5 Å². The third-order valence-corrected chi connectivity index (χ3v) is 7.28. The van der Waals surface area contributed by atoms with Gasteiger partial charge in [0.15, 0.2) is 0 Å². The van der Waals surface area contributed by atoms with E-state index in [2.05, 4.69) is 11.1 Å². The van der Waals surface area contributed by atoms with E-state index < -0.39 is 10.0 Å². The van der Waals surface area contributed by atoms with Crippen LogP contribution in [0.25, 0.3) is 0 Å². The molecule has 1 aliphatic heterocycles. The molecule has 140 valence electrons. The SMILES string of the molecule is Cc1ccc(C#N)c(N2CCN(S(=O)(=O)c3ccc4c(c3)CCC4)CC2)n1. The van der Waals surface area contributed by atoms with Gasteiger partial charge in [0.25, 0.3) is 0 Å². The highest BCUT2D eigenvalue weighted by Gasteiger charge is 2.30. The summed E-state index contributed by atoms with van der Waals surface area (Å²) in [6.07, 6.45) is 3.10. The molecular formula is C20H22N4O2S. The van der Waals surface area contributed by atoms with Gasteiger partial charge in [-0.2, -0.15) is 9.57 Å². The number of fused-ring (bicyclic) bond motifs is 1. The molecule has 1 aromatic heterocycles. The number of nitrogens with zero attached hydrogens (tertiary/aromatic N) is 4. The highest BCUT2D eigenvalue weighted by atomic mass is 32.2. The van der Waals surface area contributed by atoms with Crippen LogP contribution in [0.1, 0.15) is 28.8 Å². The lowest BCUT2D eigenvalue weighted by Crippen LogP contribution is -2.49. The predicted molar refractivity (Wildman–Crippen MR) is 103 cm³/mol. The van der Waals surface area contributed by atoms with E-state index >= 15 is 0 Å². The number of sulfonamides is 1. The molecule has 1 saturated heterocycles. The second-order valence-corrected chi connectivity index (χ2v) is 9.05. The second kappa shape index (κ2) is 6.95. The standard InChI is InChI=1S/C20H22N4O2S/c1-15-5-6-18(14-21)20(22-15)23-9-11-24(12-10-23)27(25,26)19-8-7-16-3-2-4-17(16)13-19/h5-8,13H,2-4,9-12H2,1H3. The molecular weight excluding hydrogens is 360 g/mol. The lowest BCUT2D eigenvalue weighted by atomic mass is 10.1. The van der Waals surface area contributed by atoms with Crippen molar-refractivity contribution in [1.82, 2.24) is 9.29 Å². The number of benzene rings is 1. The maximum Gasteiger partial charge on any atom is 0.243 e. The van der Waals surface area contributed by atoms with Crippen molar-refractivity contribution in [2.75, 3.05) is 31.1 Å². The molecule has 6 nitrogen and oxygen atoms in total. The predicted octanol–water partition coefficient (Wildman–Crippen LogP) is 2.26. The molecule has 0 spiro atoms. The molecule has 2 aromatic rings. The van der Waals surface area contributed by atoms with Crippen molar-refractivity contribution in [2.45, 2.75) is 31.1 Å². The summed E-state index contributed by atoms with van der Waals surface area (Å²) in [5, 5.41) is 9.32. The first-order valence-corrected chi connectivity index (χ1v) is 10.7. The molecule has 2 aliphatic rings. The van der Waals surface area contributed by atoms with Crippen molar-refractivity contribution in [3.63, 3.8) is 0 Å². The number of hydrogen-bond donors (Lipinski definition) is 0. The minimum atomic E-state index is -3.49. The highest BCUT2D eigenvalue weighted by molar-refractivity contribution is 7.89. The number of pyridine rings is 1. The Morgan fingerprint density at radius 2 is 1.78 bits per heavy atom. The molecule has 0 bridgehead atoms. The minimum absolute atomic E-state index is 0.389. The van der Waals surface area contributed by atoms with Gasteiger partial charge >= 0.3 is 0 Å². The topological polar surface area (TPSA) is 77.3 Å². The Bertz CT molecular complexity index is 1020. The maximum atomic E-state index is 13.0. The van der Waals surface area contributed by atoms with E-state index in [9.17, 15) is 13.7 Å². The molecule has 1 fully saturated rings. The van der Waals surface area contributed by atoms with Crippen LogP contribution in [0.3, 0.4) is 0 Å². The monoisotopic (exact) mass is 382 g/mol. The molecule has 2 heterocycles. The summed E-state index contributed by atoms with van der Waals surface area (Å²) in [6, 6.07) is 11.3. The van der Waals surface area contributed by atoms with Crippen molar-refractivity contribution in [1.29, 1.82) is 5.26 Å². The van der Waals surface area contributed by atoms with Crippen LogP contribution < -0.4 is 4.90 Å². The fraction of sp³-hybridized carbons (Fsp3) is 0.400. The Hall–Kier alpha value is -2.43. The minimum Gasteiger partial charge on any atom is -0.353 e. The molecule has 4 rings (SSSR count). The van der Waals surface area contributed by atoms with Gasteiger partial charge < -0.3 is 4.90 Å². The van der Waals surface area contributed by atoms with Gasteiger partial charge in [-0.3, -0.25) is 0 Å². The summed E-state index contributed by atoms with van der Waals surface area (Å²) in [6.45, 7) is 3.71. The van der Waals surface area contributed by atoms with Gasteiger partial charge in [-0.05, 0) is 61.6 Å². The molecule has 1 aromatic carbocycles. The lowest BCUT2D eigenvalue weighted by molar-refractivity contribution is 0.383. The van der Waals surface area contributed by atoms with Crippen molar-refractivity contribution < 1.29 is 8.42 Å². The van der Waals surface area contributed by atoms with E-state index in [1.165, 1.54) is 5.56 Å². The van der Waals surface area contributed by atoms with E-state index in [4.69, 9.17) is 0 Å². The number of hydrogen-bond acceptors (Lipinski definition) is 5. The first-order valence-electron chi connectivity index (χ1n) is 9.24. The molecule has 0 unspecified atom stereocenters. The quantitative estimate of drug-likeness (QED) is 0.814. The number of nitriles is 1. The van der Waals surface area contributed by atoms with E-state index in [-0.39, 0.29) is 0 Å².